The summed E-state index contributed by atoms with van der Waals surface area (Å²) in [6, 6.07) is -0.0230. The van der Waals surface area contributed by atoms with E-state index >= 15 is 0 Å². The fourth-order valence-corrected chi connectivity index (χ4v) is 3.96. The van der Waals surface area contributed by atoms with Gasteiger partial charge in [-0.3, -0.25) is 14.5 Å². The maximum Gasteiger partial charge on any atom is 0.234 e. The molecule has 0 N–H and O–H groups in total. The van der Waals surface area contributed by atoms with Crippen LogP contribution in [-0.2, 0) is 9.59 Å². The molecule has 3 nitrogen and oxygen atoms in total. The van der Waals surface area contributed by atoms with Crippen molar-refractivity contribution in [3.63, 3.8) is 0 Å². The molecule has 0 aromatic carbocycles. The van der Waals surface area contributed by atoms with E-state index in [0.29, 0.717) is 0 Å². The number of rotatable bonds is 1. The van der Waals surface area contributed by atoms with Crippen molar-refractivity contribution in [2.75, 3.05) is 0 Å². The molecule has 1 saturated carbocycles. The van der Waals surface area contributed by atoms with Gasteiger partial charge in [0, 0.05) is 17.9 Å². The molecule has 2 aliphatic carbocycles. The van der Waals surface area contributed by atoms with Gasteiger partial charge in [-0.05, 0) is 27.7 Å². The van der Waals surface area contributed by atoms with Crippen molar-refractivity contribution in [1.82, 2.24) is 4.90 Å². The number of carbonyl (C=O) groups is 2. The molecule has 1 saturated heterocycles. The van der Waals surface area contributed by atoms with Crippen LogP contribution in [0.15, 0.2) is 23.3 Å². The number of amides is 2. The third-order valence-electron chi connectivity index (χ3n) is 4.54. The van der Waals surface area contributed by atoms with Gasteiger partial charge in [0.2, 0.25) is 11.8 Å². The minimum absolute atomic E-state index is 0.0230. The molecule has 0 radical (unpaired) electrons. The number of nitrogens with zero attached hydrogens (tertiary/aromatic N) is 1. The van der Waals surface area contributed by atoms with Gasteiger partial charge in [-0.15, -0.1) is 0 Å². The fourth-order valence-electron chi connectivity index (χ4n) is 3.96. The Morgan fingerprint density at radius 1 is 1.06 bits per heavy atom. The summed E-state index contributed by atoms with van der Waals surface area (Å²) in [6.45, 7) is 7.99. The van der Waals surface area contributed by atoms with Crippen molar-refractivity contribution in [3.05, 3.63) is 23.3 Å². The molecule has 1 heterocycles. The van der Waals surface area contributed by atoms with Crippen LogP contribution in [0.2, 0.25) is 0 Å². The quantitative estimate of drug-likeness (QED) is 0.524. The van der Waals surface area contributed by atoms with Crippen molar-refractivity contribution >= 4 is 11.8 Å². The lowest BCUT2D eigenvalue weighted by Gasteiger charge is -2.22. The van der Waals surface area contributed by atoms with Gasteiger partial charge in [0.25, 0.3) is 0 Å². The Bertz CT molecular complexity index is 463. The van der Waals surface area contributed by atoms with Crippen LogP contribution < -0.4 is 0 Å². The van der Waals surface area contributed by atoms with E-state index in [-0.39, 0.29) is 41.5 Å². The van der Waals surface area contributed by atoms with Crippen molar-refractivity contribution in [2.45, 2.75) is 33.7 Å². The summed E-state index contributed by atoms with van der Waals surface area (Å²) in [5, 5.41) is 0. The Kier molecular flexibility index (Phi) is 2.31. The molecular formula is C15H19NO2. The second-order valence-corrected chi connectivity index (χ2v) is 6.08. The van der Waals surface area contributed by atoms with E-state index in [1.54, 1.807) is 0 Å². The van der Waals surface area contributed by atoms with Crippen molar-refractivity contribution in [1.29, 1.82) is 0 Å². The largest absolute Gasteiger partial charge is 0.279 e. The molecule has 96 valence electrons. The highest BCUT2D eigenvalue weighted by atomic mass is 16.2. The van der Waals surface area contributed by atoms with Crippen LogP contribution in [0.1, 0.15) is 27.7 Å². The van der Waals surface area contributed by atoms with E-state index < -0.39 is 0 Å². The van der Waals surface area contributed by atoms with E-state index in [2.05, 4.69) is 26.0 Å². The number of likely N-dealkylation sites (tertiary alicyclic amines) is 1. The number of hydrogen-bond acceptors (Lipinski definition) is 2. The number of hydrogen-bond donors (Lipinski definition) is 0. The average Bonchev–Trinajstić information content (AvgIpc) is 2.88. The molecule has 0 aromatic rings. The second-order valence-electron chi connectivity index (χ2n) is 6.08. The van der Waals surface area contributed by atoms with Gasteiger partial charge in [-0.25, -0.2) is 0 Å². The zero-order chi connectivity index (χ0) is 13.2. The molecule has 0 aromatic heterocycles. The summed E-state index contributed by atoms with van der Waals surface area (Å²) >= 11 is 0. The van der Waals surface area contributed by atoms with Gasteiger partial charge in [-0.2, -0.15) is 0 Å². The predicted octanol–water partition coefficient (Wildman–Crippen LogP) is 2.15. The van der Waals surface area contributed by atoms with E-state index in [0.717, 1.165) is 0 Å². The van der Waals surface area contributed by atoms with Crippen LogP contribution in [0, 0.1) is 23.7 Å². The second kappa shape index (κ2) is 3.56. The summed E-state index contributed by atoms with van der Waals surface area (Å²) < 4.78 is 0. The smallest absolute Gasteiger partial charge is 0.234 e. The summed E-state index contributed by atoms with van der Waals surface area (Å²) in [7, 11) is 0. The third-order valence-corrected chi connectivity index (χ3v) is 4.54. The molecule has 4 atom stereocenters. The van der Waals surface area contributed by atoms with E-state index in [1.807, 2.05) is 13.8 Å². The fraction of sp³-hybridized carbons (Fsp3) is 0.600. The third kappa shape index (κ3) is 1.20. The zero-order valence-corrected chi connectivity index (χ0v) is 11.3. The van der Waals surface area contributed by atoms with Crippen LogP contribution in [-0.4, -0.2) is 22.8 Å². The normalized spacial score (nSPS) is 37.2. The van der Waals surface area contributed by atoms with Crippen LogP contribution in [0.3, 0.4) is 0 Å². The van der Waals surface area contributed by atoms with Gasteiger partial charge in [0.15, 0.2) is 0 Å². The highest BCUT2D eigenvalue weighted by molar-refractivity contribution is 6.07. The summed E-state index contributed by atoms with van der Waals surface area (Å²) in [5.41, 5.74) is 2.58. The highest BCUT2D eigenvalue weighted by Gasteiger charge is 2.61. The Hall–Kier alpha value is -1.38. The van der Waals surface area contributed by atoms with Gasteiger partial charge in [0.1, 0.15) is 0 Å². The molecule has 1 aliphatic heterocycles. The Labute approximate surface area is 108 Å². The van der Waals surface area contributed by atoms with Crippen LogP contribution in [0.4, 0.5) is 0 Å². The van der Waals surface area contributed by atoms with Gasteiger partial charge in [0.05, 0.1) is 11.8 Å². The van der Waals surface area contributed by atoms with Crippen LogP contribution in [0.5, 0.6) is 0 Å². The molecule has 18 heavy (non-hydrogen) atoms. The maximum atomic E-state index is 12.4. The van der Waals surface area contributed by atoms with Crippen molar-refractivity contribution < 1.29 is 9.59 Å². The SMILES string of the molecule is CC(C)=C1[C@H]2C=C[C@@H]1[C@@H]1C(=O)N(C(C)C)C(=O)[C@H]12. The molecule has 2 amide bonds. The average molecular weight is 245 g/mol. The van der Waals surface area contributed by atoms with E-state index in [1.165, 1.54) is 16.0 Å². The van der Waals surface area contributed by atoms with Crippen molar-refractivity contribution in [3.8, 4) is 0 Å². The maximum absolute atomic E-state index is 12.4. The minimum atomic E-state index is -0.125. The van der Waals surface area contributed by atoms with E-state index in [9.17, 15) is 9.59 Å². The standard InChI is InChI=1S/C15H19NO2/c1-7(2)11-9-5-6-10(11)13-12(9)14(17)16(8(3)4)15(13)18/h5-6,8-10,12-13H,1-4H3/t9-,10+,12-,13-/m0/s1. The zero-order valence-electron chi connectivity index (χ0n) is 11.3. The lowest BCUT2D eigenvalue weighted by molar-refractivity contribution is -0.142. The number of imide groups is 1. The predicted molar refractivity (Wildman–Crippen MR) is 68.5 cm³/mol. The first-order valence-electron chi connectivity index (χ1n) is 6.67. The Balaban J connectivity index is 2.06. The minimum Gasteiger partial charge on any atom is -0.279 e. The summed E-state index contributed by atoms with van der Waals surface area (Å²) in [5.74, 6) is 0.168. The van der Waals surface area contributed by atoms with E-state index in [4.69, 9.17) is 0 Å². The number of fused-ring (bicyclic) bond motifs is 5. The van der Waals surface area contributed by atoms with Gasteiger partial charge >= 0.3 is 0 Å². The highest BCUT2D eigenvalue weighted by Crippen LogP contribution is 2.56. The molecule has 0 spiro atoms. The number of carbonyl (C=O) groups excluding carboxylic acids is 2. The Morgan fingerprint density at radius 3 is 1.83 bits per heavy atom. The van der Waals surface area contributed by atoms with Crippen LogP contribution >= 0.6 is 0 Å². The summed E-state index contributed by atoms with van der Waals surface area (Å²) in [4.78, 5) is 26.4. The first-order valence-corrected chi connectivity index (χ1v) is 6.67. The summed E-state index contributed by atoms with van der Waals surface area (Å²) in [6.07, 6.45) is 4.26. The van der Waals surface area contributed by atoms with Crippen LogP contribution in [0.25, 0.3) is 0 Å². The molecular weight excluding hydrogens is 226 g/mol. The molecule has 3 aliphatic rings. The number of allylic oxidation sites excluding steroid dienone is 4. The monoisotopic (exact) mass is 245 g/mol. The lowest BCUT2D eigenvalue weighted by Crippen LogP contribution is -2.38. The molecule has 3 heteroatoms. The first-order chi connectivity index (χ1) is 8.45. The molecule has 2 bridgehead atoms. The Morgan fingerprint density at radius 2 is 1.50 bits per heavy atom. The lowest BCUT2D eigenvalue weighted by atomic mass is 9.85. The van der Waals surface area contributed by atoms with Gasteiger partial charge in [-0.1, -0.05) is 23.3 Å². The van der Waals surface area contributed by atoms with Gasteiger partial charge < -0.3 is 0 Å². The molecule has 2 fully saturated rings. The van der Waals surface area contributed by atoms with Crippen molar-refractivity contribution in [2.24, 2.45) is 23.7 Å². The molecule has 3 rings (SSSR count). The molecule has 0 unspecified atom stereocenters. The topological polar surface area (TPSA) is 37.4 Å². The first kappa shape index (κ1) is 11.7.